The molecule has 160 valence electrons. The van der Waals surface area contributed by atoms with Gasteiger partial charge in [0.15, 0.2) is 0 Å². The number of amides is 2. The Morgan fingerprint density at radius 3 is 2.80 bits per heavy atom. The minimum atomic E-state index is -0.248. The van der Waals surface area contributed by atoms with Crippen LogP contribution in [0.2, 0.25) is 0 Å². The van der Waals surface area contributed by atoms with Crippen molar-refractivity contribution in [2.75, 3.05) is 19.6 Å². The van der Waals surface area contributed by atoms with E-state index in [9.17, 15) is 9.59 Å². The van der Waals surface area contributed by atoms with E-state index in [1.807, 2.05) is 24.0 Å². The van der Waals surface area contributed by atoms with Crippen molar-refractivity contribution in [1.29, 1.82) is 0 Å². The van der Waals surface area contributed by atoms with Crippen LogP contribution in [0.5, 0.6) is 0 Å². The molecule has 30 heavy (non-hydrogen) atoms. The van der Waals surface area contributed by atoms with Crippen molar-refractivity contribution in [2.45, 2.75) is 57.8 Å². The van der Waals surface area contributed by atoms with E-state index in [0.29, 0.717) is 25.4 Å². The molecule has 0 spiro atoms. The number of aryl methyl sites for hydroxylation is 1. The highest BCUT2D eigenvalue weighted by Crippen LogP contribution is 2.25. The third-order valence-corrected chi connectivity index (χ3v) is 6.59. The molecule has 1 saturated heterocycles. The number of nitrogens with zero attached hydrogens (tertiary/aromatic N) is 4. The first-order valence-corrected chi connectivity index (χ1v) is 11.5. The second-order valence-corrected chi connectivity index (χ2v) is 9.13. The SMILES string of the molecule is Cc1nc(C(=O)N2CC(=O)N(C3CCCCC3)C[C@@H](OCc3cccnc3)C2)cs1. The van der Waals surface area contributed by atoms with Gasteiger partial charge in [-0.1, -0.05) is 25.3 Å². The van der Waals surface area contributed by atoms with E-state index >= 15 is 0 Å². The minimum absolute atomic E-state index is 0.00896. The maximum atomic E-state index is 13.1. The zero-order chi connectivity index (χ0) is 20.9. The summed E-state index contributed by atoms with van der Waals surface area (Å²) in [6, 6.07) is 4.09. The molecule has 0 unspecified atom stereocenters. The molecule has 2 aromatic heterocycles. The van der Waals surface area contributed by atoms with Gasteiger partial charge in [0.25, 0.3) is 5.91 Å². The zero-order valence-corrected chi connectivity index (χ0v) is 18.1. The first-order valence-electron chi connectivity index (χ1n) is 10.6. The number of aromatic nitrogens is 2. The number of hydrogen-bond donors (Lipinski definition) is 0. The Hall–Kier alpha value is -2.32. The number of carbonyl (C=O) groups is 2. The number of hydrogen-bond acceptors (Lipinski definition) is 6. The standard InChI is InChI=1S/C22H28N4O3S/c1-16-24-20(15-30-16)22(28)25-11-19(29-14-17-6-5-9-23-10-17)12-26(21(27)13-25)18-7-3-2-4-8-18/h5-6,9-10,15,18-19H,2-4,7-8,11-14H2,1H3/t19-/m0/s1. The Kier molecular flexibility index (Phi) is 6.74. The number of carbonyl (C=O) groups excluding carboxylic acids is 2. The molecule has 0 radical (unpaired) electrons. The van der Waals surface area contributed by atoms with Crippen LogP contribution < -0.4 is 0 Å². The Balaban J connectivity index is 1.52. The first-order chi connectivity index (χ1) is 14.6. The third-order valence-electron chi connectivity index (χ3n) is 5.82. The van der Waals surface area contributed by atoms with Crippen molar-refractivity contribution in [1.82, 2.24) is 19.8 Å². The summed E-state index contributed by atoms with van der Waals surface area (Å²) in [4.78, 5) is 38.2. The van der Waals surface area contributed by atoms with Gasteiger partial charge in [0.05, 0.1) is 17.7 Å². The molecule has 7 nitrogen and oxygen atoms in total. The van der Waals surface area contributed by atoms with Crippen LogP contribution in [0.3, 0.4) is 0 Å². The zero-order valence-electron chi connectivity index (χ0n) is 17.3. The van der Waals surface area contributed by atoms with Crippen LogP contribution in [0.25, 0.3) is 0 Å². The molecule has 0 N–H and O–H groups in total. The molecule has 2 aliphatic rings. The fraction of sp³-hybridized carbons (Fsp3) is 0.545. The van der Waals surface area contributed by atoms with E-state index in [-0.39, 0.29) is 30.5 Å². The van der Waals surface area contributed by atoms with Crippen molar-refractivity contribution < 1.29 is 14.3 Å². The summed E-state index contributed by atoms with van der Waals surface area (Å²) in [5, 5.41) is 2.60. The quantitative estimate of drug-likeness (QED) is 0.732. The molecule has 2 aromatic rings. The third kappa shape index (κ3) is 5.05. The molecule has 1 aliphatic heterocycles. The van der Waals surface area contributed by atoms with Crippen molar-refractivity contribution in [3.8, 4) is 0 Å². The van der Waals surface area contributed by atoms with Gasteiger partial charge in [-0.2, -0.15) is 0 Å². The normalized spacial score (nSPS) is 21.0. The lowest BCUT2D eigenvalue weighted by molar-refractivity contribution is -0.134. The summed E-state index contributed by atoms with van der Waals surface area (Å²) in [6.45, 7) is 3.26. The highest BCUT2D eigenvalue weighted by Gasteiger charge is 2.35. The van der Waals surface area contributed by atoms with E-state index in [4.69, 9.17) is 4.74 Å². The van der Waals surface area contributed by atoms with E-state index in [0.717, 1.165) is 36.3 Å². The molecule has 1 saturated carbocycles. The lowest BCUT2D eigenvalue weighted by atomic mass is 9.94. The smallest absolute Gasteiger partial charge is 0.273 e. The highest BCUT2D eigenvalue weighted by molar-refractivity contribution is 7.09. The molecule has 2 fully saturated rings. The van der Waals surface area contributed by atoms with Crippen molar-refractivity contribution in [2.24, 2.45) is 0 Å². The van der Waals surface area contributed by atoms with E-state index in [2.05, 4.69) is 9.97 Å². The molecule has 8 heteroatoms. The van der Waals surface area contributed by atoms with Crippen molar-refractivity contribution in [3.63, 3.8) is 0 Å². The molecule has 1 atom stereocenters. The van der Waals surface area contributed by atoms with Gasteiger partial charge >= 0.3 is 0 Å². The molecule has 0 aromatic carbocycles. The molecule has 2 amide bonds. The van der Waals surface area contributed by atoms with Crippen molar-refractivity contribution >= 4 is 23.2 Å². The second kappa shape index (κ2) is 9.66. The lowest BCUT2D eigenvalue weighted by Crippen LogP contribution is -2.46. The Morgan fingerprint density at radius 2 is 2.10 bits per heavy atom. The van der Waals surface area contributed by atoms with E-state index < -0.39 is 0 Å². The monoisotopic (exact) mass is 428 g/mol. The lowest BCUT2D eigenvalue weighted by Gasteiger charge is -2.34. The maximum Gasteiger partial charge on any atom is 0.273 e. The number of thiazole rings is 1. The fourth-order valence-corrected chi connectivity index (χ4v) is 4.86. The van der Waals surface area contributed by atoms with Crippen LogP contribution in [0, 0.1) is 6.92 Å². The van der Waals surface area contributed by atoms with Crippen LogP contribution in [0.1, 0.15) is 53.2 Å². The summed E-state index contributed by atoms with van der Waals surface area (Å²) in [5.41, 5.74) is 1.38. The van der Waals surface area contributed by atoms with E-state index in [1.54, 1.807) is 22.7 Å². The Bertz CT molecular complexity index is 866. The van der Waals surface area contributed by atoms with Crippen LogP contribution in [0.4, 0.5) is 0 Å². The van der Waals surface area contributed by atoms with Crippen LogP contribution in [-0.2, 0) is 16.1 Å². The van der Waals surface area contributed by atoms with Gasteiger partial charge in [0.1, 0.15) is 12.2 Å². The topological polar surface area (TPSA) is 75.6 Å². The summed E-state index contributed by atoms with van der Waals surface area (Å²) in [7, 11) is 0. The average Bonchev–Trinajstić information content (AvgIpc) is 3.14. The molecule has 1 aliphatic carbocycles. The van der Waals surface area contributed by atoms with Gasteiger partial charge in [-0.25, -0.2) is 4.98 Å². The predicted octanol–water partition coefficient (Wildman–Crippen LogP) is 3.05. The Labute approximate surface area is 181 Å². The highest BCUT2D eigenvalue weighted by atomic mass is 32.1. The van der Waals surface area contributed by atoms with E-state index in [1.165, 1.54) is 17.8 Å². The van der Waals surface area contributed by atoms with Crippen LogP contribution in [-0.4, -0.2) is 63.4 Å². The van der Waals surface area contributed by atoms with Gasteiger partial charge in [-0.15, -0.1) is 11.3 Å². The largest absolute Gasteiger partial charge is 0.370 e. The summed E-state index contributed by atoms with van der Waals surface area (Å²) >= 11 is 1.44. The first kappa shape index (κ1) is 20.9. The molecule has 4 rings (SSSR count). The summed E-state index contributed by atoms with van der Waals surface area (Å²) in [6.07, 6.45) is 8.85. The van der Waals surface area contributed by atoms with Gasteiger partial charge in [-0.05, 0) is 31.4 Å². The van der Waals surface area contributed by atoms with Gasteiger partial charge in [0, 0.05) is 36.9 Å². The maximum absolute atomic E-state index is 13.1. The number of pyridine rings is 1. The molecular weight excluding hydrogens is 400 g/mol. The molecule has 0 bridgehead atoms. The number of ether oxygens (including phenoxy) is 1. The van der Waals surface area contributed by atoms with Gasteiger partial charge < -0.3 is 14.5 Å². The minimum Gasteiger partial charge on any atom is -0.370 e. The Morgan fingerprint density at radius 1 is 1.27 bits per heavy atom. The summed E-state index contributed by atoms with van der Waals surface area (Å²) in [5.74, 6) is -0.192. The molecular formula is C22H28N4O3S. The van der Waals surface area contributed by atoms with Gasteiger partial charge in [0.2, 0.25) is 5.91 Å². The van der Waals surface area contributed by atoms with Crippen LogP contribution >= 0.6 is 11.3 Å². The van der Waals surface area contributed by atoms with Crippen molar-refractivity contribution in [3.05, 3.63) is 46.2 Å². The number of rotatable bonds is 5. The average molecular weight is 429 g/mol. The predicted molar refractivity (Wildman–Crippen MR) is 114 cm³/mol. The second-order valence-electron chi connectivity index (χ2n) is 8.07. The van der Waals surface area contributed by atoms with Crippen LogP contribution in [0.15, 0.2) is 29.9 Å². The van der Waals surface area contributed by atoms with Gasteiger partial charge in [-0.3, -0.25) is 14.6 Å². The fourth-order valence-electron chi connectivity index (χ4n) is 4.27. The summed E-state index contributed by atoms with van der Waals surface area (Å²) < 4.78 is 6.19. The molecule has 3 heterocycles.